The molecule has 0 aromatic heterocycles. The lowest BCUT2D eigenvalue weighted by molar-refractivity contribution is -0.138. The lowest BCUT2D eigenvalue weighted by atomic mass is 9.97. The third kappa shape index (κ3) is 10.3. The highest BCUT2D eigenvalue weighted by atomic mass is 32.2. The molecule has 0 bridgehead atoms. The van der Waals surface area contributed by atoms with Gasteiger partial charge in [-0.25, -0.2) is 0 Å². The number of alkyl halides is 6. The van der Waals surface area contributed by atoms with Crippen molar-refractivity contribution in [1.29, 1.82) is 0 Å². The quantitative estimate of drug-likeness (QED) is 0.208. The van der Waals surface area contributed by atoms with Crippen LogP contribution in [0.5, 0.6) is 5.75 Å². The highest BCUT2D eigenvalue weighted by molar-refractivity contribution is 7.98. The molecule has 4 aliphatic heterocycles. The fraction of sp³-hybridized carbons (Fsp3) is 0.641. The molecule has 2 aromatic rings. The van der Waals surface area contributed by atoms with Crippen LogP contribution in [0.3, 0.4) is 0 Å². The van der Waals surface area contributed by atoms with E-state index in [9.17, 15) is 35.9 Å². The number of rotatable bonds is 9. The molecule has 4 unspecified atom stereocenters. The number of amides is 2. The zero-order valence-electron chi connectivity index (χ0n) is 31.2. The summed E-state index contributed by atoms with van der Waals surface area (Å²) in [7, 11) is 1.27. The average molecular weight is 801 g/mol. The van der Waals surface area contributed by atoms with Crippen LogP contribution in [-0.2, 0) is 21.8 Å². The van der Waals surface area contributed by atoms with Gasteiger partial charge in [-0.3, -0.25) is 19.4 Å². The van der Waals surface area contributed by atoms with E-state index < -0.39 is 29.4 Å². The fourth-order valence-electron chi connectivity index (χ4n) is 8.21. The van der Waals surface area contributed by atoms with Crippen LogP contribution in [-0.4, -0.2) is 112 Å². The number of hydrogen-bond acceptors (Lipinski definition) is 8. The van der Waals surface area contributed by atoms with E-state index in [0.717, 1.165) is 101 Å². The number of halogens is 6. The van der Waals surface area contributed by atoms with Crippen LogP contribution in [0.4, 0.5) is 26.3 Å². The number of thioether (sulfide) groups is 1. The van der Waals surface area contributed by atoms with E-state index in [0.29, 0.717) is 37.6 Å². The SMILES string of the molecule is COc1cc(C(F)(F)F)cc(SC)c1C(=O)NC1COCCC1N1CCCC1.O=C(NC1COCCC1N1CCCC1)c1ccc(C(F)(F)F)cc1C1CC1. The van der Waals surface area contributed by atoms with E-state index in [1.54, 1.807) is 6.26 Å². The second kappa shape index (κ2) is 18.0. The second-order valence-corrected chi connectivity index (χ2v) is 15.7. The van der Waals surface area contributed by atoms with Gasteiger partial charge in [0.05, 0.1) is 49.1 Å². The molecule has 7 rings (SSSR count). The smallest absolute Gasteiger partial charge is 0.416 e. The molecule has 2 amide bonds. The van der Waals surface area contributed by atoms with Crippen molar-refractivity contribution in [3.63, 3.8) is 0 Å². The highest BCUT2D eigenvalue weighted by Gasteiger charge is 2.39. The molecule has 9 nitrogen and oxygen atoms in total. The first-order valence-electron chi connectivity index (χ1n) is 19.1. The Hall–Kier alpha value is -3.05. The Morgan fingerprint density at radius 1 is 0.745 bits per heavy atom. The van der Waals surface area contributed by atoms with Crippen molar-refractivity contribution in [3.8, 4) is 5.75 Å². The Morgan fingerprint density at radius 3 is 1.75 bits per heavy atom. The van der Waals surface area contributed by atoms with E-state index in [4.69, 9.17) is 14.2 Å². The predicted molar refractivity (Wildman–Crippen MR) is 196 cm³/mol. The molecule has 4 atom stereocenters. The summed E-state index contributed by atoms with van der Waals surface area (Å²) in [6.07, 6.45) is 0.727. The summed E-state index contributed by atoms with van der Waals surface area (Å²) in [5, 5.41) is 6.05. The molecule has 304 valence electrons. The van der Waals surface area contributed by atoms with Gasteiger partial charge < -0.3 is 24.8 Å². The summed E-state index contributed by atoms with van der Waals surface area (Å²) in [4.78, 5) is 31.0. The monoisotopic (exact) mass is 800 g/mol. The molecule has 16 heteroatoms. The number of carbonyl (C=O) groups is 2. The third-order valence-corrected chi connectivity index (χ3v) is 12.0. The molecular formula is C39H50F6N4O5S. The van der Waals surface area contributed by atoms with Gasteiger partial charge in [-0.15, -0.1) is 11.8 Å². The molecule has 1 saturated carbocycles. The largest absolute Gasteiger partial charge is 0.496 e. The molecule has 5 aliphatic rings. The van der Waals surface area contributed by atoms with Gasteiger partial charge in [0, 0.05) is 35.8 Å². The van der Waals surface area contributed by atoms with E-state index in [-0.39, 0.29) is 52.2 Å². The lowest BCUT2D eigenvalue weighted by Gasteiger charge is -2.38. The molecule has 4 heterocycles. The lowest BCUT2D eigenvalue weighted by Crippen LogP contribution is -2.56. The van der Waals surface area contributed by atoms with Gasteiger partial charge >= 0.3 is 12.4 Å². The number of methoxy groups -OCH3 is 1. The van der Waals surface area contributed by atoms with Crippen LogP contribution < -0.4 is 15.4 Å². The van der Waals surface area contributed by atoms with E-state index >= 15 is 0 Å². The Bertz CT molecular complexity index is 1620. The molecule has 55 heavy (non-hydrogen) atoms. The topological polar surface area (TPSA) is 92.4 Å². The fourth-order valence-corrected chi connectivity index (χ4v) is 8.86. The zero-order chi connectivity index (χ0) is 39.3. The van der Waals surface area contributed by atoms with Crippen LogP contribution in [0.1, 0.15) is 94.7 Å². The minimum atomic E-state index is -4.51. The van der Waals surface area contributed by atoms with Crippen LogP contribution in [0.25, 0.3) is 0 Å². The second-order valence-electron chi connectivity index (χ2n) is 14.8. The first-order chi connectivity index (χ1) is 26.3. The van der Waals surface area contributed by atoms with Gasteiger partial charge in [-0.05, 0) is 126 Å². The molecule has 5 fully saturated rings. The van der Waals surface area contributed by atoms with Crippen LogP contribution in [0, 0.1) is 0 Å². The van der Waals surface area contributed by atoms with Crippen molar-refractivity contribution in [3.05, 3.63) is 58.1 Å². The number of benzene rings is 2. The zero-order valence-corrected chi connectivity index (χ0v) is 32.0. The normalized spacial score (nSPS) is 25.2. The maximum atomic E-state index is 13.2. The van der Waals surface area contributed by atoms with Gasteiger partial charge in [0.1, 0.15) is 5.75 Å². The molecule has 0 spiro atoms. The summed E-state index contributed by atoms with van der Waals surface area (Å²) < 4.78 is 94.9. The Balaban J connectivity index is 0.000000187. The van der Waals surface area contributed by atoms with Crippen molar-refractivity contribution < 1.29 is 50.1 Å². The standard InChI is InChI=1S/C20H25F3N2O2.C19H25F3N2O3S/c21-20(22,23)14-5-6-15(16(11-14)13-3-4-13)19(26)24-17-12-27-10-7-18(17)25-8-1-2-9-25;1-26-15-9-12(19(20,21)22)10-16(28-2)17(15)18(25)23-13-11-27-8-5-14(13)24-6-3-4-7-24/h5-6,11,13,17-18H,1-4,7-10,12H2,(H,24,26);9-10,13-14H,3-8,11H2,1-2H3,(H,23,25). The van der Waals surface area contributed by atoms with Crippen molar-refractivity contribution in [2.75, 3.05) is 66.0 Å². The third-order valence-electron chi connectivity index (χ3n) is 11.2. The number of hydrogen-bond donors (Lipinski definition) is 2. The minimum Gasteiger partial charge on any atom is -0.496 e. The van der Waals surface area contributed by atoms with E-state index in [1.807, 2.05) is 0 Å². The maximum absolute atomic E-state index is 13.2. The van der Waals surface area contributed by atoms with E-state index in [1.165, 1.54) is 26.0 Å². The number of carbonyl (C=O) groups excluding carboxylic acids is 2. The Morgan fingerprint density at radius 2 is 1.27 bits per heavy atom. The van der Waals surface area contributed by atoms with Gasteiger partial charge in [0.15, 0.2) is 0 Å². The average Bonchev–Trinajstić information content (AvgIpc) is 3.58. The molecule has 4 saturated heterocycles. The van der Waals surface area contributed by atoms with Gasteiger partial charge in [0.2, 0.25) is 0 Å². The summed E-state index contributed by atoms with van der Waals surface area (Å²) in [6.45, 7) is 6.23. The minimum absolute atomic E-state index is 0.0602. The molecular weight excluding hydrogens is 751 g/mol. The molecule has 0 radical (unpaired) electrons. The van der Waals surface area contributed by atoms with Crippen molar-refractivity contribution >= 4 is 23.6 Å². The van der Waals surface area contributed by atoms with Gasteiger partial charge in [-0.1, -0.05) is 0 Å². The molecule has 2 aromatic carbocycles. The Kier molecular flexibility index (Phi) is 13.6. The first-order valence-corrected chi connectivity index (χ1v) is 20.3. The number of ether oxygens (including phenoxy) is 3. The highest BCUT2D eigenvalue weighted by Crippen LogP contribution is 2.44. The van der Waals surface area contributed by atoms with E-state index in [2.05, 4.69) is 20.4 Å². The van der Waals surface area contributed by atoms with Crippen LogP contribution >= 0.6 is 11.8 Å². The Labute approximate surface area is 322 Å². The van der Waals surface area contributed by atoms with Crippen molar-refractivity contribution in [1.82, 2.24) is 20.4 Å². The maximum Gasteiger partial charge on any atom is 0.416 e. The number of likely N-dealkylation sites (tertiary alicyclic amines) is 2. The first kappa shape index (κ1) is 41.6. The number of nitrogens with one attached hydrogen (secondary N) is 2. The molecule has 2 N–H and O–H groups in total. The predicted octanol–water partition coefficient (Wildman–Crippen LogP) is 6.98. The van der Waals surface area contributed by atoms with Crippen molar-refractivity contribution in [2.24, 2.45) is 0 Å². The summed E-state index contributed by atoms with van der Waals surface area (Å²) in [5.41, 5.74) is -0.486. The van der Waals surface area contributed by atoms with Crippen LogP contribution in [0.15, 0.2) is 35.2 Å². The summed E-state index contributed by atoms with van der Waals surface area (Å²) in [6, 6.07) is 5.46. The molecule has 1 aliphatic carbocycles. The summed E-state index contributed by atoms with van der Waals surface area (Å²) >= 11 is 1.09. The van der Waals surface area contributed by atoms with Crippen molar-refractivity contribution in [2.45, 2.75) is 98.7 Å². The van der Waals surface area contributed by atoms with Gasteiger partial charge in [0.25, 0.3) is 11.8 Å². The van der Waals surface area contributed by atoms with Gasteiger partial charge in [-0.2, -0.15) is 26.3 Å². The van der Waals surface area contributed by atoms with Crippen LogP contribution in [0.2, 0.25) is 0 Å². The summed E-state index contributed by atoms with van der Waals surface area (Å²) in [5.74, 6) is -0.740. The number of nitrogens with zero attached hydrogens (tertiary/aromatic N) is 2.